The highest BCUT2D eigenvalue weighted by molar-refractivity contribution is 5.42. The Morgan fingerprint density at radius 3 is 2.58 bits per heavy atom. The minimum absolute atomic E-state index is 0.00388. The number of benzene rings is 1. The molecule has 2 atom stereocenters. The first-order valence-corrected chi connectivity index (χ1v) is 8.18. The van der Waals surface area contributed by atoms with Crippen molar-refractivity contribution in [3.63, 3.8) is 0 Å². The Kier molecular flexibility index (Phi) is 4.76. The van der Waals surface area contributed by atoms with Gasteiger partial charge in [0.05, 0.1) is 11.3 Å². The molecule has 0 saturated carbocycles. The molecule has 1 saturated heterocycles. The van der Waals surface area contributed by atoms with Gasteiger partial charge in [0.1, 0.15) is 5.82 Å². The summed E-state index contributed by atoms with van der Waals surface area (Å²) in [6.07, 6.45) is -3.21. The van der Waals surface area contributed by atoms with Crippen molar-refractivity contribution in [1.82, 2.24) is 14.5 Å². The van der Waals surface area contributed by atoms with E-state index in [4.69, 9.17) is 11.5 Å². The van der Waals surface area contributed by atoms with Gasteiger partial charge in [-0.25, -0.2) is 4.79 Å². The molecule has 0 aliphatic carbocycles. The van der Waals surface area contributed by atoms with Gasteiger partial charge in [-0.2, -0.15) is 18.2 Å². The smallest absolute Gasteiger partial charge is 0.383 e. The van der Waals surface area contributed by atoms with Gasteiger partial charge in [0, 0.05) is 31.9 Å². The van der Waals surface area contributed by atoms with Gasteiger partial charge in [-0.3, -0.25) is 9.47 Å². The number of aromatic nitrogens is 2. The molecule has 2 aromatic rings. The lowest BCUT2D eigenvalue weighted by Crippen LogP contribution is -2.28. The third-order valence-electron chi connectivity index (χ3n) is 4.56. The van der Waals surface area contributed by atoms with Gasteiger partial charge in [0.2, 0.25) is 0 Å². The lowest BCUT2D eigenvalue weighted by atomic mass is 10.1. The number of alkyl halides is 3. The molecule has 0 radical (unpaired) electrons. The molecule has 0 bridgehead atoms. The summed E-state index contributed by atoms with van der Waals surface area (Å²) in [6.45, 7) is 3.68. The summed E-state index contributed by atoms with van der Waals surface area (Å²) in [5.74, 6) is 0.294. The van der Waals surface area contributed by atoms with Crippen LogP contribution in [0.4, 0.5) is 19.0 Å². The molecule has 6 nitrogen and oxygen atoms in total. The molecular formula is C17H20F3N5O. The monoisotopic (exact) mass is 367 g/mol. The molecular weight excluding hydrogens is 347 g/mol. The summed E-state index contributed by atoms with van der Waals surface area (Å²) < 4.78 is 41.0. The van der Waals surface area contributed by atoms with Crippen LogP contribution < -0.4 is 17.2 Å². The normalized spacial score (nSPS) is 21.3. The molecule has 1 aliphatic rings. The number of nitrogen functional groups attached to an aromatic ring is 1. The number of likely N-dealkylation sites (tertiary alicyclic amines) is 1. The van der Waals surface area contributed by atoms with Gasteiger partial charge >= 0.3 is 11.9 Å². The van der Waals surface area contributed by atoms with E-state index in [0.717, 1.165) is 23.2 Å². The van der Waals surface area contributed by atoms with Crippen molar-refractivity contribution in [2.24, 2.45) is 11.7 Å². The Bertz CT molecular complexity index is 854. The van der Waals surface area contributed by atoms with Crippen LogP contribution >= 0.6 is 0 Å². The summed E-state index contributed by atoms with van der Waals surface area (Å²) in [4.78, 5) is 17.6. The maximum atomic E-state index is 13.3. The molecule has 140 valence electrons. The molecule has 1 fully saturated rings. The number of nitrogens with zero attached hydrogens (tertiary/aromatic N) is 3. The van der Waals surface area contributed by atoms with Crippen LogP contribution in [0.5, 0.6) is 0 Å². The number of hydrogen-bond acceptors (Lipinski definition) is 5. The highest BCUT2D eigenvalue weighted by atomic mass is 19.4. The van der Waals surface area contributed by atoms with Gasteiger partial charge in [0.25, 0.3) is 0 Å². The summed E-state index contributed by atoms with van der Waals surface area (Å²) in [5.41, 5.74) is 10.5. The van der Waals surface area contributed by atoms with Gasteiger partial charge in [-0.15, -0.1) is 0 Å². The molecule has 1 aromatic carbocycles. The molecule has 3 rings (SSSR count). The number of halogens is 3. The van der Waals surface area contributed by atoms with Crippen LogP contribution in [0.1, 0.15) is 18.1 Å². The third kappa shape index (κ3) is 3.88. The third-order valence-corrected chi connectivity index (χ3v) is 4.56. The molecule has 1 aromatic heterocycles. The zero-order valence-electron chi connectivity index (χ0n) is 14.2. The fraction of sp³-hybridized carbons (Fsp3) is 0.412. The van der Waals surface area contributed by atoms with E-state index in [1.54, 1.807) is 6.07 Å². The van der Waals surface area contributed by atoms with Crippen LogP contribution in [0, 0.1) is 5.92 Å². The zero-order chi connectivity index (χ0) is 19.1. The van der Waals surface area contributed by atoms with Crippen molar-refractivity contribution in [2.45, 2.75) is 25.7 Å². The summed E-state index contributed by atoms with van der Waals surface area (Å²) in [7, 11) is 0. The molecule has 2 unspecified atom stereocenters. The minimum Gasteiger partial charge on any atom is -0.383 e. The molecule has 26 heavy (non-hydrogen) atoms. The highest BCUT2D eigenvalue weighted by Gasteiger charge is 2.32. The first-order chi connectivity index (χ1) is 12.1. The molecule has 1 aliphatic heterocycles. The lowest BCUT2D eigenvalue weighted by molar-refractivity contribution is -0.137. The highest BCUT2D eigenvalue weighted by Crippen LogP contribution is 2.32. The van der Waals surface area contributed by atoms with Crippen LogP contribution in [-0.2, 0) is 12.7 Å². The Morgan fingerprint density at radius 2 is 2.00 bits per heavy atom. The molecule has 0 amide bonds. The van der Waals surface area contributed by atoms with Crippen LogP contribution in [0.3, 0.4) is 0 Å². The largest absolute Gasteiger partial charge is 0.416 e. The first-order valence-electron chi connectivity index (χ1n) is 8.18. The second-order valence-corrected chi connectivity index (χ2v) is 6.73. The first kappa shape index (κ1) is 18.4. The second kappa shape index (κ2) is 6.73. The standard InChI is InChI=1S/C17H20F3N5O/c1-10-7-24(9-14(10)21)8-11-4-12(17(18,19)20)6-13(5-11)25-3-2-15(22)23-16(25)26/h2-6,10,14H,7-9,21H2,1H3,(H2,22,23,26). The van der Waals surface area contributed by atoms with Gasteiger partial charge in [-0.05, 0) is 35.7 Å². The van der Waals surface area contributed by atoms with E-state index in [1.165, 1.54) is 12.3 Å². The number of nitrogens with two attached hydrogens (primary N) is 2. The van der Waals surface area contributed by atoms with E-state index in [1.807, 2.05) is 11.8 Å². The Morgan fingerprint density at radius 1 is 1.27 bits per heavy atom. The van der Waals surface area contributed by atoms with E-state index in [2.05, 4.69) is 4.98 Å². The SMILES string of the molecule is CC1CN(Cc2cc(-n3ccc(N)nc3=O)cc(C(F)(F)F)c2)CC1N. The predicted octanol–water partition coefficient (Wildman–Crippen LogP) is 1.61. The van der Waals surface area contributed by atoms with E-state index in [-0.39, 0.29) is 23.5 Å². The van der Waals surface area contributed by atoms with E-state index < -0.39 is 17.4 Å². The average molecular weight is 367 g/mol. The fourth-order valence-electron chi connectivity index (χ4n) is 3.16. The molecule has 4 N–H and O–H groups in total. The minimum atomic E-state index is -4.52. The van der Waals surface area contributed by atoms with Crippen molar-refractivity contribution in [2.75, 3.05) is 18.8 Å². The number of anilines is 1. The average Bonchev–Trinajstić information content (AvgIpc) is 2.84. The van der Waals surface area contributed by atoms with Crippen LogP contribution in [0.2, 0.25) is 0 Å². The Balaban J connectivity index is 2.01. The molecule has 2 heterocycles. The Labute approximate surface area is 148 Å². The Hall–Kier alpha value is -2.39. The van der Waals surface area contributed by atoms with Gasteiger partial charge in [0.15, 0.2) is 0 Å². The van der Waals surface area contributed by atoms with E-state index in [0.29, 0.717) is 18.7 Å². The van der Waals surface area contributed by atoms with Crippen molar-refractivity contribution in [1.29, 1.82) is 0 Å². The number of hydrogen-bond donors (Lipinski definition) is 2. The lowest BCUT2D eigenvalue weighted by Gasteiger charge is -2.18. The van der Waals surface area contributed by atoms with Crippen LogP contribution in [0.15, 0.2) is 35.3 Å². The van der Waals surface area contributed by atoms with Crippen molar-refractivity contribution < 1.29 is 13.2 Å². The van der Waals surface area contributed by atoms with Gasteiger partial charge < -0.3 is 11.5 Å². The molecule has 0 spiro atoms. The van der Waals surface area contributed by atoms with Crippen molar-refractivity contribution >= 4 is 5.82 Å². The van der Waals surface area contributed by atoms with Crippen molar-refractivity contribution in [3.8, 4) is 5.69 Å². The maximum Gasteiger partial charge on any atom is 0.416 e. The number of rotatable bonds is 3. The topological polar surface area (TPSA) is 90.2 Å². The maximum absolute atomic E-state index is 13.3. The summed E-state index contributed by atoms with van der Waals surface area (Å²) >= 11 is 0. The molecule has 9 heteroatoms. The quantitative estimate of drug-likeness (QED) is 0.860. The second-order valence-electron chi connectivity index (χ2n) is 6.73. The zero-order valence-corrected chi connectivity index (χ0v) is 14.2. The predicted molar refractivity (Wildman–Crippen MR) is 91.7 cm³/mol. The van der Waals surface area contributed by atoms with Crippen molar-refractivity contribution in [3.05, 3.63) is 52.1 Å². The summed E-state index contributed by atoms with van der Waals surface area (Å²) in [5, 5.41) is 0. The fourth-order valence-corrected chi connectivity index (χ4v) is 3.16. The van der Waals surface area contributed by atoms with Gasteiger partial charge in [-0.1, -0.05) is 6.92 Å². The van der Waals surface area contributed by atoms with Crippen LogP contribution in [-0.4, -0.2) is 33.6 Å². The van der Waals surface area contributed by atoms with Crippen LogP contribution in [0.25, 0.3) is 5.69 Å². The van der Waals surface area contributed by atoms with E-state index in [9.17, 15) is 18.0 Å². The van der Waals surface area contributed by atoms with E-state index >= 15 is 0 Å². The summed E-state index contributed by atoms with van der Waals surface area (Å²) in [6, 6.07) is 4.96.